The summed E-state index contributed by atoms with van der Waals surface area (Å²) < 4.78 is 5.50. The number of carbonyl (C=O) groups excluding carboxylic acids is 1. The molecular formula is C15H21N3O3. The zero-order chi connectivity index (χ0) is 14.8. The number of nitrogens with zero attached hydrogens (tertiary/aromatic N) is 1. The molecule has 2 aliphatic heterocycles. The highest BCUT2D eigenvalue weighted by atomic mass is 16.5. The average molecular weight is 291 g/mol. The zero-order valence-corrected chi connectivity index (χ0v) is 12.1. The molecule has 0 bridgehead atoms. The average Bonchev–Trinajstić information content (AvgIpc) is 2.54. The van der Waals surface area contributed by atoms with E-state index in [0.29, 0.717) is 18.7 Å². The van der Waals surface area contributed by atoms with Gasteiger partial charge in [0.1, 0.15) is 0 Å². The third-order valence-electron chi connectivity index (χ3n) is 4.01. The largest absolute Gasteiger partial charge is 0.394 e. The Kier molecular flexibility index (Phi) is 3.98. The number of hydrogen-bond acceptors (Lipinski definition) is 5. The van der Waals surface area contributed by atoms with Crippen molar-refractivity contribution >= 4 is 17.3 Å². The second-order valence-corrected chi connectivity index (χ2v) is 5.53. The fourth-order valence-corrected chi connectivity index (χ4v) is 2.82. The van der Waals surface area contributed by atoms with Crippen LogP contribution in [-0.4, -0.2) is 60.9 Å². The molecule has 0 spiro atoms. The first-order chi connectivity index (χ1) is 10.2. The van der Waals surface area contributed by atoms with E-state index in [1.807, 2.05) is 25.1 Å². The van der Waals surface area contributed by atoms with Crippen LogP contribution in [0.5, 0.6) is 0 Å². The monoisotopic (exact) mass is 291 g/mol. The molecular weight excluding hydrogens is 270 g/mol. The van der Waals surface area contributed by atoms with Crippen molar-refractivity contribution < 1.29 is 14.6 Å². The maximum Gasteiger partial charge on any atom is 0.256 e. The molecule has 0 aromatic heterocycles. The number of carbonyl (C=O) groups is 1. The first kappa shape index (κ1) is 14.2. The van der Waals surface area contributed by atoms with Crippen LogP contribution in [0, 0.1) is 0 Å². The molecule has 2 unspecified atom stereocenters. The van der Waals surface area contributed by atoms with Crippen LogP contribution in [0.3, 0.4) is 0 Å². The number of benzene rings is 1. The lowest BCUT2D eigenvalue weighted by molar-refractivity contribution is -0.0667. The predicted molar refractivity (Wildman–Crippen MR) is 80.7 cm³/mol. The number of amides is 1. The number of nitrogens with one attached hydrogen (secondary N) is 2. The maximum absolute atomic E-state index is 12.9. The number of aliphatic hydroxyl groups excluding tert-OH is 1. The molecule has 2 heterocycles. The highest BCUT2D eigenvalue weighted by molar-refractivity contribution is 6.03. The number of hydrogen-bond donors (Lipinski definition) is 3. The first-order valence-electron chi connectivity index (χ1n) is 7.35. The SMILES string of the molecule is CC1COC(CO)CN1C(=O)c1cccc2c1NCCN2. The first-order valence-corrected chi connectivity index (χ1v) is 7.35. The Bertz CT molecular complexity index is 535. The van der Waals surface area contributed by atoms with Gasteiger partial charge in [-0.3, -0.25) is 4.79 Å². The van der Waals surface area contributed by atoms with E-state index in [1.165, 1.54) is 0 Å². The summed E-state index contributed by atoms with van der Waals surface area (Å²) in [4.78, 5) is 14.7. The van der Waals surface area contributed by atoms with E-state index in [9.17, 15) is 9.90 Å². The second kappa shape index (κ2) is 5.91. The number of rotatable bonds is 2. The second-order valence-electron chi connectivity index (χ2n) is 5.53. The zero-order valence-electron chi connectivity index (χ0n) is 12.1. The topological polar surface area (TPSA) is 73.8 Å². The minimum Gasteiger partial charge on any atom is -0.394 e. The van der Waals surface area contributed by atoms with Crippen LogP contribution in [0.4, 0.5) is 11.4 Å². The molecule has 21 heavy (non-hydrogen) atoms. The summed E-state index contributed by atoms with van der Waals surface area (Å²) in [6.07, 6.45) is -0.296. The van der Waals surface area contributed by atoms with E-state index in [-0.39, 0.29) is 24.7 Å². The fraction of sp³-hybridized carbons (Fsp3) is 0.533. The highest BCUT2D eigenvalue weighted by Crippen LogP contribution is 2.30. The highest BCUT2D eigenvalue weighted by Gasteiger charge is 2.31. The van der Waals surface area contributed by atoms with E-state index < -0.39 is 0 Å². The number of para-hydroxylation sites is 1. The molecule has 6 nitrogen and oxygen atoms in total. The van der Waals surface area contributed by atoms with Crippen molar-refractivity contribution in [2.24, 2.45) is 0 Å². The van der Waals surface area contributed by atoms with Crippen LogP contribution >= 0.6 is 0 Å². The number of ether oxygens (including phenoxy) is 1. The molecule has 114 valence electrons. The van der Waals surface area contributed by atoms with Crippen molar-refractivity contribution in [3.05, 3.63) is 23.8 Å². The summed E-state index contributed by atoms with van der Waals surface area (Å²) in [7, 11) is 0. The van der Waals surface area contributed by atoms with E-state index in [0.717, 1.165) is 24.5 Å². The van der Waals surface area contributed by atoms with Gasteiger partial charge < -0.3 is 25.4 Å². The Hall–Kier alpha value is -1.79. The molecule has 3 N–H and O–H groups in total. The van der Waals surface area contributed by atoms with Crippen LogP contribution in [-0.2, 0) is 4.74 Å². The molecule has 0 saturated carbocycles. The molecule has 2 atom stereocenters. The van der Waals surface area contributed by atoms with Crippen molar-refractivity contribution in [3.63, 3.8) is 0 Å². The Morgan fingerprint density at radius 2 is 2.24 bits per heavy atom. The number of morpholine rings is 1. The number of anilines is 2. The molecule has 1 fully saturated rings. The van der Waals surface area contributed by atoms with Crippen LogP contribution in [0.25, 0.3) is 0 Å². The Morgan fingerprint density at radius 1 is 1.43 bits per heavy atom. The van der Waals surface area contributed by atoms with Crippen LogP contribution < -0.4 is 10.6 Å². The summed E-state index contributed by atoms with van der Waals surface area (Å²) >= 11 is 0. The number of fused-ring (bicyclic) bond motifs is 1. The van der Waals surface area contributed by atoms with Gasteiger partial charge in [-0.25, -0.2) is 0 Å². The van der Waals surface area contributed by atoms with Gasteiger partial charge in [0, 0.05) is 19.6 Å². The van der Waals surface area contributed by atoms with E-state index >= 15 is 0 Å². The van der Waals surface area contributed by atoms with Gasteiger partial charge in [0.15, 0.2) is 0 Å². The minimum atomic E-state index is -0.296. The lowest BCUT2D eigenvalue weighted by Gasteiger charge is -2.38. The van der Waals surface area contributed by atoms with Crippen LogP contribution in [0.2, 0.25) is 0 Å². The molecule has 6 heteroatoms. The van der Waals surface area contributed by atoms with Gasteiger partial charge in [0.2, 0.25) is 0 Å². The molecule has 0 aliphatic carbocycles. The Morgan fingerprint density at radius 3 is 3.05 bits per heavy atom. The van der Waals surface area contributed by atoms with E-state index in [4.69, 9.17) is 4.74 Å². The quantitative estimate of drug-likeness (QED) is 0.750. The van der Waals surface area contributed by atoms with Gasteiger partial charge >= 0.3 is 0 Å². The Balaban J connectivity index is 1.87. The standard InChI is InChI=1S/C15H21N3O3/c1-10-9-21-11(8-19)7-18(10)15(20)12-3-2-4-13-14(12)17-6-5-16-13/h2-4,10-11,16-17,19H,5-9H2,1H3. The fourth-order valence-electron chi connectivity index (χ4n) is 2.82. The smallest absolute Gasteiger partial charge is 0.256 e. The van der Waals surface area contributed by atoms with Crippen molar-refractivity contribution in [2.45, 2.75) is 19.1 Å². The minimum absolute atomic E-state index is 0.00714. The summed E-state index contributed by atoms with van der Waals surface area (Å²) in [5, 5.41) is 15.8. The molecule has 1 aromatic carbocycles. The molecule has 3 rings (SSSR count). The van der Waals surface area contributed by atoms with Gasteiger partial charge in [-0.1, -0.05) is 6.07 Å². The van der Waals surface area contributed by atoms with Crippen molar-refractivity contribution in [3.8, 4) is 0 Å². The van der Waals surface area contributed by atoms with Crippen LogP contribution in [0.15, 0.2) is 18.2 Å². The summed E-state index contributed by atoms with van der Waals surface area (Å²) in [6, 6.07) is 5.71. The molecule has 1 amide bonds. The van der Waals surface area contributed by atoms with Gasteiger partial charge in [0.05, 0.1) is 42.3 Å². The molecule has 2 aliphatic rings. The maximum atomic E-state index is 12.9. The van der Waals surface area contributed by atoms with E-state index in [2.05, 4.69) is 10.6 Å². The number of aliphatic hydroxyl groups is 1. The third-order valence-corrected chi connectivity index (χ3v) is 4.01. The lowest BCUT2D eigenvalue weighted by atomic mass is 10.1. The van der Waals surface area contributed by atoms with Gasteiger partial charge in [-0.2, -0.15) is 0 Å². The normalized spacial score (nSPS) is 24.8. The van der Waals surface area contributed by atoms with Gasteiger partial charge in [0.25, 0.3) is 5.91 Å². The molecule has 0 radical (unpaired) electrons. The summed E-state index contributed by atoms with van der Waals surface area (Å²) in [5.41, 5.74) is 2.50. The van der Waals surface area contributed by atoms with Crippen molar-refractivity contribution in [2.75, 3.05) is 43.5 Å². The van der Waals surface area contributed by atoms with Crippen molar-refractivity contribution in [1.82, 2.24) is 4.90 Å². The van der Waals surface area contributed by atoms with Gasteiger partial charge in [-0.15, -0.1) is 0 Å². The molecule has 1 saturated heterocycles. The Labute approximate surface area is 124 Å². The summed E-state index contributed by atoms with van der Waals surface area (Å²) in [5.74, 6) is -0.0164. The predicted octanol–water partition coefficient (Wildman–Crippen LogP) is 0.746. The van der Waals surface area contributed by atoms with Gasteiger partial charge in [-0.05, 0) is 19.1 Å². The molecule has 1 aromatic rings. The third kappa shape index (κ3) is 2.69. The lowest BCUT2D eigenvalue weighted by Crippen LogP contribution is -2.52. The van der Waals surface area contributed by atoms with Crippen molar-refractivity contribution in [1.29, 1.82) is 0 Å². The summed E-state index contributed by atoms with van der Waals surface area (Å²) in [6.45, 7) is 4.43. The van der Waals surface area contributed by atoms with E-state index in [1.54, 1.807) is 4.90 Å². The van der Waals surface area contributed by atoms with Crippen LogP contribution in [0.1, 0.15) is 17.3 Å².